The van der Waals surface area contributed by atoms with Gasteiger partial charge in [-0.25, -0.2) is 4.09 Å². The fraction of sp³-hybridized carbons (Fsp3) is 0.500. The van der Waals surface area contributed by atoms with Gasteiger partial charge >= 0.3 is 0 Å². The third-order valence-corrected chi connectivity index (χ3v) is 3.28. The van der Waals surface area contributed by atoms with Gasteiger partial charge in [0.1, 0.15) is 0 Å². The Balaban J connectivity index is 3.17. The molecule has 0 N–H and O–H groups in total. The molecule has 10 heavy (non-hydrogen) atoms. The minimum atomic E-state index is 1.13. The molecule has 0 bridgehead atoms. The molecule has 56 valence electrons. The predicted octanol–water partition coefficient (Wildman–Crippen LogP) is 2.65. The summed E-state index contributed by atoms with van der Waals surface area (Å²) in [5, 5.41) is 4.30. The van der Waals surface area contributed by atoms with Crippen molar-refractivity contribution in [1.82, 2.24) is 9.19 Å². The van der Waals surface area contributed by atoms with E-state index in [9.17, 15) is 0 Å². The highest BCUT2D eigenvalue weighted by Gasteiger charge is 2.05. The highest BCUT2D eigenvalue weighted by Crippen LogP contribution is 2.20. The van der Waals surface area contributed by atoms with E-state index in [-0.39, 0.29) is 0 Å². The Kier molecular flexibility index (Phi) is 2.62. The molecule has 0 aliphatic rings. The summed E-state index contributed by atoms with van der Waals surface area (Å²) in [5.74, 6) is 0. The standard InChI is InChI=1S/C6H9IN2S/c1-4-5(2)8-9(10-7)6(4)3/h1-3H3. The van der Waals surface area contributed by atoms with Gasteiger partial charge < -0.3 is 0 Å². The van der Waals surface area contributed by atoms with Gasteiger partial charge in [0.25, 0.3) is 0 Å². The number of aromatic nitrogens is 2. The molecule has 1 aromatic heterocycles. The monoisotopic (exact) mass is 268 g/mol. The van der Waals surface area contributed by atoms with Crippen LogP contribution < -0.4 is 0 Å². The molecule has 0 aliphatic heterocycles. The first kappa shape index (κ1) is 8.39. The maximum Gasteiger partial charge on any atom is 0.0636 e. The number of nitrogens with zero attached hydrogens (tertiary/aromatic N) is 2. The van der Waals surface area contributed by atoms with Gasteiger partial charge in [-0.1, -0.05) is 0 Å². The minimum Gasteiger partial charge on any atom is -0.200 e. The maximum atomic E-state index is 4.30. The highest BCUT2D eigenvalue weighted by atomic mass is 127. The summed E-state index contributed by atoms with van der Waals surface area (Å²) in [6.45, 7) is 6.22. The molecule has 0 spiro atoms. The van der Waals surface area contributed by atoms with E-state index in [2.05, 4.69) is 40.2 Å². The van der Waals surface area contributed by atoms with Crippen LogP contribution in [0.1, 0.15) is 17.0 Å². The van der Waals surface area contributed by atoms with Gasteiger partial charge in [0.2, 0.25) is 0 Å². The third-order valence-electron chi connectivity index (χ3n) is 1.68. The normalized spacial score (nSPS) is 10.4. The Hall–Kier alpha value is 0.290. The molecule has 0 fully saturated rings. The van der Waals surface area contributed by atoms with Crippen molar-refractivity contribution >= 4 is 30.3 Å². The van der Waals surface area contributed by atoms with E-state index >= 15 is 0 Å². The van der Waals surface area contributed by atoms with Crippen LogP contribution in [-0.4, -0.2) is 9.19 Å². The maximum absolute atomic E-state index is 4.30. The lowest BCUT2D eigenvalue weighted by atomic mass is 10.2. The quantitative estimate of drug-likeness (QED) is 0.729. The molecule has 0 aliphatic carbocycles. The van der Waals surface area contributed by atoms with E-state index in [1.165, 1.54) is 11.3 Å². The van der Waals surface area contributed by atoms with Crippen LogP contribution in [-0.2, 0) is 0 Å². The number of hydrogen-bond donors (Lipinski definition) is 0. The van der Waals surface area contributed by atoms with Crippen LogP contribution in [0.25, 0.3) is 0 Å². The molecule has 1 rings (SSSR count). The van der Waals surface area contributed by atoms with Gasteiger partial charge in [-0.3, -0.25) is 0 Å². The summed E-state index contributed by atoms with van der Waals surface area (Å²) < 4.78 is 1.94. The zero-order chi connectivity index (χ0) is 7.72. The molecule has 1 aromatic rings. The molecular weight excluding hydrogens is 259 g/mol. The Bertz CT molecular complexity index is 244. The fourth-order valence-electron chi connectivity index (χ4n) is 0.759. The minimum absolute atomic E-state index is 1.13. The van der Waals surface area contributed by atoms with Crippen LogP contribution in [0.15, 0.2) is 0 Å². The number of aryl methyl sites for hydroxylation is 1. The number of halogens is 1. The lowest BCUT2D eigenvalue weighted by Gasteiger charge is -1.93. The van der Waals surface area contributed by atoms with Crippen molar-refractivity contribution in [3.05, 3.63) is 17.0 Å². The zero-order valence-electron chi connectivity index (χ0n) is 6.18. The molecule has 0 saturated carbocycles. The summed E-state index contributed by atoms with van der Waals surface area (Å²) in [6, 6.07) is 0. The summed E-state index contributed by atoms with van der Waals surface area (Å²) in [4.78, 5) is 0. The second kappa shape index (κ2) is 3.13. The van der Waals surface area contributed by atoms with Crippen molar-refractivity contribution in [2.75, 3.05) is 0 Å². The van der Waals surface area contributed by atoms with Crippen LogP contribution in [0.5, 0.6) is 0 Å². The Morgan fingerprint density at radius 3 is 2.20 bits per heavy atom. The van der Waals surface area contributed by atoms with Crippen molar-refractivity contribution in [1.29, 1.82) is 0 Å². The smallest absolute Gasteiger partial charge is 0.0636 e. The van der Waals surface area contributed by atoms with Gasteiger partial charge in [-0.05, 0) is 26.3 Å². The first-order valence-corrected chi connectivity index (χ1v) is 6.30. The second-order valence-corrected chi connectivity index (χ2v) is 3.90. The van der Waals surface area contributed by atoms with E-state index in [0.717, 1.165) is 5.69 Å². The average Bonchev–Trinajstić information content (AvgIpc) is 2.17. The SMILES string of the molecule is Cc1nn(SI)c(C)c1C. The van der Waals surface area contributed by atoms with Crippen molar-refractivity contribution < 1.29 is 0 Å². The lowest BCUT2D eigenvalue weighted by Crippen LogP contribution is -1.87. The van der Waals surface area contributed by atoms with Crippen molar-refractivity contribution in [2.24, 2.45) is 0 Å². The molecule has 1 heterocycles. The Labute approximate surface area is 77.1 Å². The molecule has 0 atom stereocenters. The number of hydrogen-bond acceptors (Lipinski definition) is 2. The van der Waals surface area contributed by atoms with Gasteiger partial charge in [0.05, 0.1) is 11.4 Å². The first-order chi connectivity index (χ1) is 4.66. The topological polar surface area (TPSA) is 17.8 Å². The second-order valence-electron chi connectivity index (χ2n) is 2.24. The Morgan fingerprint density at radius 1 is 1.40 bits per heavy atom. The third kappa shape index (κ3) is 1.32. The fourth-order valence-corrected chi connectivity index (χ4v) is 2.30. The van der Waals surface area contributed by atoms with Crippen LogP contribution >= 0.6 is 30.3 Å². The van der Waals surface area contributed by atoms with E-state index in [1.807, 2.05) is 11.0 Å². The summed E-state index contributed by atoms with van der Waals surface area (Å²) in [6.07, 6.45) is 0. The highest BCUT2D eigenvalue weighted by molar-refractivity contribution is 14.2. The molecule has 4 heteroatoms. The molecule has 0 unspecified atom stereocenters. The van der Waals surface area contributed by atoms with Crippen molar-refractivity contribution in [3.63, 3.8) is 0 Å². The Morgan fingerprint density at radius 2 is 2.00 bits per heavy atom. The molecular formula is C6H9IN2S. The largest absolute Gasteiger partial charge is 0.200 e. The average molecular weight is 268 g/mol. The van der Waals surface area contributed by atoms with Crippen molar-refractivity contribution in [2.45, 2.75) is 20.8 Å². The van der Waals surface area contributed by atoms with Crippen LogP contribution in [0.2, 0.25) is 0 Å². The first-order valence-electron chi connectivity index (χ1n) is 2.98. The zero-order valence-corrected chi connectivity index (χ0v) is 9.15. The predicted molar refractivity (Wildman–Crippen MR) is 53.4 cm³/mol. The van der Waals surface area contributed by atoms with Gasteiger partial charge in [-0.2, -0.15) is 5.10 Å². The molecule has 0 aromatic carbocycles. The van der Waals surface area contributed by atoms with E-state index in [4.69, 9.17) is 0 Å². The molecule has 2 nitrogen and oxygen atoms in total. The van der Waals surface area contributed by atoms with Gasteiger partial charge in [0.15, 0.2) is 0 Å². The van der Waals surface area contributed by atoms with Gasteiger partial charge in [-0.15, -0.1) is 0 Å². The lowest BCUT2D eigenvalue weighted by molar-refractivity contribution is 0.954. The molecule has 0 amide bonds. The summed E-state index contributed by atoms with van der Waals surface area (Å²) in [5.41, 5.74) is 3.67. The van der Waals surface area contributed by atoms with Crippen molar-refractivity contribution in [3.8, 4) is 0 Å². The summed E-state index contributed by atoms with van der Waals surface area (Å²) in [7, 11) is 1.61. The van der Waals surface area contributed by atoms with Crippen LogP contribution in [0.4, 0.5) is 0 Å². The van der Waals surface area contributed by atoms with Crippen LogP contribution in [0.3, 0.4) is 0 Å². The van der Waals surface area contributed by atoms with E-state index < -0.39 is 0 Å². The number of rotatable bonds is 1. The molecule has 0 radical (unpaired) electrons. The van der Waals surface area contributed by atoms with E-state index in [0.29, 0.717) is 0 Å². The van der Waals surface area contributed by atoms with Gasteiger partial charge in [0, 0.05) is 30.3 Å². The molecule has 0 saturated heterocycles. The van der Waals surface area contributed by atoms with E-state index in [1.54, 1.807) is 9.12 Å². The summed E-state index contributed by atoms with van der Waals surface area (Å²) >= 11 is 2.23. The van der Waals surface area contributed by atoms with Crippen LogP contribution in [0, 0.1) is 20.8 Å².